The summed E-state index contributed by atoms with van der Waals surface area (Å²) in [5, 5.41) is 0. The van der Waals surface area contributed by atoms with Gasteiger partial charge in [0, 0.05) is 19.3 Å². The summed E-state index contributed by atoms with van der Waals surface area (Å²) in [5.74, 6) is -0.881. The van der Waals surface area contributed by atoms with E-state index in [0.717, 1.165) is 103 Å². The number of hydrogen-bond acceptors (Lipinski definition) is 6. The highest BCUT2D eigenvalue weighted by Gasteiger charge is 2.19. The molecule has 1 atom stereocenters. The molecule has 76 heavy (non-hydrogen) atoms. The highest BCUT2D eigenvalue weighted by atomic mass is 16.6. The van der Waals surface area contributed by atoms with Crippen molar-refractivity contribution >= 4 is 17.9 Å². The molecule has 1 unspecified atom stereocenters. The third-order valence-electron chi connectivity index (χ3n) is 14.7. The molecule has 0 saturated carbocycles. The van der Waals surface area contributed by atoms with Crippen molar-refractivity contribution in [1.82, 2.24) is 0 Å². The molecule has 6 heteroatoms. The fourth-order valence-electron chi connectivity index (χ4n) is 9.73. The first-order valence-corrected chi connectivity index (χ1v) is 33.3. The Labute approximate surface area is 472 Å². The minimum Gasteiger partial charge on any atom is -0.462 e. The molecule has 0 radical (unpaired) electrons. The van der Waals surface area contributed by atoms with E-state index in [1.807, 2.05) is 0 Å². The topological polar surface area (TPSA) is 78.9 Å². The van der Waals surface area contributed by atoms with Gasteiger partial charge in [-0.1, -0.05) is 306 Å². The van der Waals surface area contributed by atoms with Crippen molar-refractivity contribution in [3.8, 4) is 0 Å². The number of unbranched alkanes of at least 4 members (excludes halogenated alkanes) is 40. The Bertz CT molecular complexity index is 1360. The van der Waals surface area contributed by atoms with Gasteiger partial charge >= 0.3 is 17.9 Å². The van der Waals surface area contributed by atoms with Gasteiger partial charge in [-0.05, 0) is 83.5 Å². The number of esters is 3. The number of allylic oxidation sites excluding steroid dienone is 10. The summed E-state index contributed by atoms with van der Waals surface area (Å²) < 4.78 is 16.9. The van der Waals surface area contributed by atoms with E-state index in [2.05, 4.69) is 81.5 Å². The molecule has 0 heterocycles. The molecule has 0 aromatic rings. The van der Waals surface area contributed by atoms with Crippen LogP contribution in [-0.4, -0.2) is 37.2 Å². The largest absolute Gasteiger partial charge is 0.462 e. The zero-order chi connectivity index (χ0) is 55.0. The lowest BCUT2D eigenvalue weighted by Crippen LogP contribution is -2.30. The third-order valence-corrected chi connectivity index (χ3v) is 14.7. The van der Waals surface area contributed by atoms with Crippen LogP contribution in [0.15, 0.2) is 60.8 Å². The molecule has 0 aliphatic heterocycles. The van der Waals surface area contributed by atoms with E-state index in [1.165, 1.54) is 205 Å². The van der Waals surface area contributed by atoms with Crippen LogP contribution in [0.25, 0.3) is 0 Å². The Morgan fingerprint density at radius 1 is 0.263 bits per heavy atom. The Morgan fingerprint density at radius 3 is 0.789 bits per heavy atom. The standard InChI is InChI=1S/C70H126O6/c1-4-7-10-13-16-19-22-25-27-29-31-33-35-37-38-40-42-45-48-51-54-57-60-63-69(72)75-66-67(65-74-68(71)62-59-56-53-50-47-44-24-21-18-15-12-9-6-3)76-70(73)64-61-58-55-52-49-46-43-41-39-36-34-32-30-28-26-23-20-17-14-11-8-5-2/h12,15,21-22,24-25,29,31,35,37,67H,4-11,13-14,16-20,23,26-28,30,32-34,36,38-66H2,1-3H3/b15-12-,24-21-,25-22-,31-29-,37-35-. The number of rotatable bonds is 61. The van der Waals surface area contributed by atoms with E-state index < -0.39 is 6.10 Å². The predicted octanol–water partition coefficient (Wildman–Crippen LogP) is 22.7. The smallest absolute Gasteiger partial charge is 0.306 e. The summed E-state index contributed by atoms with van der Waals surface area (Å²) in [4.78, 5) is 38.3. The fourth-order valence-corrected chi connectivity index (χ4v) is 9.73. The molecule has 0 bridgehead atoms. The van der Waals surface area contributed by atoms with Gasteiger partial charge in [-0.3, -0.25) is 14.4 Å². The summed E-state index contributed by atoms with van der Waals surface area (Å²) in [6.45, 7) is 6.60. The first kappa shape index (κ1) is 73.1. The summed E-state index contributed by atoms with van der Waals surface area (Å²) in [6.07, 6.45) is 82.3. The van der Waals surface area contributed by atoms with Crippen molar-refractivity contribution in [1.29, 1.82) is 0 Å². The van der Waals surface area contributed by atoms with Gasteiger partial charge in [0.05, 0.1) is 0 Å². The summed E-state index contributed by atoms with van der Waals surface area (Å²) in [5.41, 5.74) is 0. The number of carbonyl (C=O) groups excluding carboxylic acids is 3. The van der Waals surface area contributed by atoms with E-state index >= 15 is 0 Å². The quantitative estimate of drug-likeness (QED) is 0.0261. The highest BCUT2D eigenvalue weighted by molar-refractivity contribution is 5.71. The summed E-state index contributed by atoms with van der Waals surface area (Å²) >= 11 is 0. The number of carbonyl (C=O) groups is 3. The lowest BCUT2D eigenvalue weighted by atomic mass is 10.0. The van der Waals surface area contributed by atoms with Crippen molar-refractivity contribution in [3.05, 3.63) is 60.8 Å². The molecule has 442 valence electrons. The molecule has 0 aliphatic rings. The van der Waals surface area contributed by atoms with Crippen LogP contribution in [0, 0.1) is 0 Å². The van der Waals surface area contributed by atoms with Gasteiger partial charge in [0.2, 0.25) is 0 Å². The third kappa shape index (κ3) is 62.0. The Morgan fingerprint density at radius 2 is 0.500 bits per heavy atom. The second-order valence-electron chi connectivity index (χ2n) is 22.4. The number of ether oxygens (including phenoxy) is 3. The van der Waals surface area contributed by atoms with Crippen molar-refractivity contribution in [2.45, 2.75) is 354 Å². The molecular weight excluding hydrogens is 937 g/mol. The van der Waals surface area contributed by atoms with Gasteiger partial charge in [-0.2, -0.15) is 0 Å². The monoisotopic (exact) mass is 1060 g/mol. The van der Waals surface area contributed by atoms with Crippen molar-refractivity contribution < 1.29 is 28.6 Å². The molecular formula is C70H126O6. The fraction of sp³-hybridized carbons (Fsp3) is 0.814. The average Bonchev–Trinajstić information content (AvgIpc) is 3.42. The molecule has 0 spiro atoms. The van der Waals surface area contributed by atoms with Crippen molar-refractivity contribution in [2.24, 2.45) is 0 Å². The number of hydrogen-bond donors (Lipinski definition) is 0. The van der Waals surface area contributed by atoms with Gasteiger partial charge in [0.25, 0.3) is 0 Å². The van der Waals surface area contributed by atoms with E-state index in [1.54, 1.807) is 0 Å². The first-order chi connectivity index (χ1) is 37.5. The molecule has 0 aliphatic carbocycles. The Balaban J connectivity index is 4.30. The lowest BCUT2D eigenvalue weighted by Gasteiger charge is -2.18. The van der Waals surface area contributed by atoms with Crippen molar-refractivity contribution in [3.63, 3.8) is 0 Å². The Kier molecular flexibility index (Phi) is 62.2. The molecule has 0 aromatic heterocycles. The summed E-state index contributed by atoms with van der Waals surface area (Å²) in [7, 11) is 0. The highest BCUT2D eigenvalue weighted by Crippen LogP contribution is 2.17. The van der Waals surface area contributed by atoms with Gasteiger partial charge in [-0.25, -0.2) is 0 Å². The van der Waals surface area contributed by atoms with Crippen LogP contribution in [-0.2, 0) is 28.6 Å². The van der Waals surface area contributed by atoms with Crippen LogP contribution in [0.5, 0.6) is 0 Å². The van der Waals surface area contributed by atoms with Gasteiger partial charge in [-0.15, -0.1) is 0 Å². The normalized spacial score (nSPS) is 12.4. The van der Waals surface area contributed by atoms with E-state index in [-0.39, 0.29) is 31.1 Å². The molecule has 0 fully saturated rings. The van der Waals surface area contributed by atoms with Crippen LogP contribution in [0.3, 0.4) is 0 Å². The minimum absolute atomic E-state index is 0.0798. The van der Waals surface area contributed by atoms with Crippen molar-refractivity contribution in [2.75, 3.05) is 13.2 Å². The van der Waals surface area contributed by atoms with Crippen LogP contribution in [0.2, 0.25) is 0 Å². The van der Waals surface area contributed by atoms with Crippen LogP contribution in [0.4, 0.5) is 0 Å². The zero-order valence-corrected chi connectivity index (χ0v) is 50.8. The van der Waals surface area contributed by atoms with E-state index in [0.29, 0.717) is 19.3 Å². The molecule has 0 aromatic carbocycles. The predicted molar refractivity (Wildman–Crippen MR) is 330 cm³/mol. The molecule has 0 rings (SSSR count). The van der Waals surface area contributed by atoms with Gasteiger partial charge in [0.15, 0.2) is 6.10 Å². The second-order valence-corrected chi connectivity index (χ2v) is 22.4. The maximum Gasteiger partial charge on any atom is 0.306 e. The van der Waals surface area contributed by atoms with E-state index in [4.69, 9.17) is 14.2 Å². The Hall–Kier alpha value is -2.89. The maximum absolute atomic E-state index is 12.9. The maximum atomic E-state index is 12.9. The average molecular weight is 1060 g/mol. The zero-order valence-electron chi connectivity index (χ0n) is 50.8. The second kappa shape index (κ2) is 64.6. The SMILES string of the molecule is CCC/C=C\C/C=C\CCCCCCCC(=O)OCC(COC(=O)CCCCCCCCCC/C=C\C/C=C\C/C=C\CCCCCCC)OC(=O)CCCCCCCCCCCCCCCCCCCCCCCC. The molecule has 0 N–H and O–H groups in total. The van der Waals surface area contributed by atoms with Crippen LogP contribution in [0.1, 0.15) is 348 Å². The lowest BCUT2D eigenvalue weighted by molar-refractivity contribution is -0.167. The van der Waals surface area contributed by atoms with Gasteiger partial charge < -0.3 is 14.2 Å². The van der Waals surface area contributed by atoms with Crippen LogP contribution < -0.4 is 0 Å². The minimum atomic E-state index is -0.783. The molecule has 6 nitrogen and oxygen atoms in total. The summed E-state index contributed by atoms with van der Waals surface area (Å²) in [6, 6.07) is 0. The molecule has 0 amide bonds. The van der Waals surface area contributed by atoms with Gasteiger partial charge in [0.1, 0.15) is 13.2 Å². The molecule has 0 saturated heterocycles. The van der Waals surface area contributed by atoms with E-state index in [9.17, 15) is 14.4 Å². The van der Waals surface area contributed by atoms with Crippen LogP contribution >= 0.6 is 0 Å². The first-order valence-electron chi connectivity index (χ1n) is 33.3.